The Hall–Kier alpha value is -0.890. The monoisotopic (exact) mass is 386 g/mol. The van der Waals surface area contributed by atoms with Crippen LogP contribution in [0.1, 0.15) is 23.3 Å². The van der Waals surface area contributed by atoms with E-state index in [0.29, 0.717) is 11.8 Å². The summed E-state index contributed by atoms with van der Waals surface area (Å²) in [5.74, 6) is 0.642. The van der Waals surface area contributed by atoms with E-state index in [2.05, 4.69) is 29.1 Å². The first-order valence-corrected chi connectivity index (χ1v) is 9.69. The van der Waals surface area contributed by atoms with Crippen molar-refractivity contribution in [3.05, 3.63) is 16.8 Å². The predicted molar refractivity (Wildman–Crippen MR) is 104 cm³/mol. The number of fused-ring (bicyclic) bond motifs is 1. The van der Waals surface area contributed by atoms with Crippen molar-refractivity contribution >= 4 is 51.6 Å². The van der Waals surface area contributed by atoms with Gasteiger partial charge in [0.1, 0.15) is 16.2 Å². The summed E-state index contributed by atoms with van der Waals surface area (Å²) in [5.41, 5.74) is 1.23. The number of likely N-dealkylation sites (tertiary alicyclic amines) is 1. The van der Waals surface area contributed by atoms with Crippen molar-refractivity contribution in [1.82, 2.24) is 20.2 Å². The maximum atomic E-state index is 12.5. The van der Waals surface area contributed by atoms with Gasteiger partial charge in [0.2, 0.25) is 5.91 Å². The normalized spacial score (nSPS) is 17.8. The second kappa shape index (κ2) is 8.47. The molecule has 0 aromatic carbocycles. The SMILES string of the molecule is CNC1CCCN(C(=O)CSc2ncnc3sc(C)c(C)c23)C1.Cl. The Morgan fingerprint density at radius 3 is 3.00 bits per heavy atom. The molecule has 0 bridgehead atoms. The summed E-state index contributed by atoms with van der Waals surface area (Å²) in [6.45, 7) is 5.89. The van der Waals surface area contributed by atoms with Gasteiger partial charge in [0.15, 0.2) is 0 Å². The zero-order chi connectivity index (χ0) is 16.4. The number of aryl methyl sites for hydroxylation is 2. The van der Waals surface area contributed by atoms with Crippen LogP contribution in [0, 0.1) is 13.8 Å². The Bertz CT molecular complexity index is 721. The number of carbonyl (C=O) groups is 1. The summed E-state index contributed by atoms with van der Waals surface area (Å²) in [5, 5.41) is 5.31. The maximum Gasteiger partial charge on any atom is 0.233 e. The third-order valence-electron chi connectivity index (χ3n) is 4.45. The van der Waals surface area contributed by atoms with Gasteiger partial charge < -0.3 is 10.2 Å². The van der Waals surface area contributed by atoms with Gasteiger partial charge in [-0.15, -0.1) is 23.7 Å². The number of nitrogens with one attached hydrogen (secondary N) is 1. The number of likely N-dealkylation sites (N-methyl/N-ethyl adjacent to an activating group) is 1. The summed E-state index contributed by atoms with van der Waals surface area (Å²) in [4.78, 5) is 25.5. The predicted octanol–water partition coefficient (Wildman–Crippen LogP) is 3.03. The molecule has 1 N–H and O–H groups in total. The number of halogens is 1. The molecule has 0 spiro atoms. The maximum absolute atomic E-state index is 12.5. The van der Waals surface area contributed by atoms with Crippen LogP contribution in [0.5, 0.6) is 0 Å². The highest BCUT2D eigenvalue weighted by Crippen LogP contribution is 2.34. The Morgan fingerprint density at radius 1 is 1.46 bits per heavy atom. The number of thioether (sulfide) groups is 1. The van der Waals surface area contributed by atoms with E-state index in [-0.39, 0.29) is 18.3 Å². The van der Waals surface area contributed by atoms with E-state index in [1.165, 1.54) is 22.2 Å². The minimum absolute atomic E-state index is 0. The molecular formula is C16H23ClN4OS2. The van der Waals surface area contributed by atoms with E-state index in [4.69, 9.17) is 0 Å². The van der Waals surface area contributed by atoms with Crippen LogP contribution in [-0.2, 0) is 4.79 Å². The van der Waals surface area contributed by atoms with Crippen LogP contribution in [0.2, 0.25) is 0 Å². The highest BCUT2D eigenvalue weighted by molar-refractivity contribution is 8.00. The first-order chi connectivity index (χ1) is 11.1. The molecule has 1 unspecified atom stereocenters. The minimum atomic E-state index is 0. The number of hydrogen-bond acceptors (Lipinski definition) is 6. The lowest BCUT2D eigenvalue weighted by atomic mass is 10.1. The van der Waals surface area contributed by atoms with E-state index in [9.17, 15) is 4.79 Å². The molecule has 24 heavy (non-hydrogen) atoms. The van der Waals surface area contributed by atoms with Crippen LogP contribution in [0.4, 0.5) is 0 Å². The molecule has 132 valence electrons. The van der Waals surface area contributed by atoms with Crippen LogP contribution in [0.25, 0.3) is 10.2 Å². The number of nitrogens with zero attached hydrogens (tertiary/aromatic N) is 3. The molecule has 1 saturated heterocycles. The third kappa shape index (κ3) is 4.02. The van der Waals surface area contributed by atoms with Gasteiger partial charge in [0, 0.05) is 29.4 Å². The fraction of sp³-hybridized carbons (Fsp3) is 0.562. The van der Waals surface area contributed by atoms with Crippen LogP contribution in [0.3, 0.4) is 0 Å². The minimum Gasteiger partial charge on any atom is -0.340 e. The number of piperidine rings is 1. The van der Waals surface area contributed by atoms with Gasteiger partial charge in [-0.1, -0.05) is 11.8 Å². The molecule has 0 saturated carbocycles. The number of rotatable bonds is 4. The first kappa shape index (κ1) is 19.4. The fourth-order valence-corrected chi connectivity index (χ4v) is 4.94. The summed E-state index contributed by atoms with van der Waals surface area (Å²) < 4.78 is 0. The molecule has 0 radical (unpaired) electrons. The molecule has 1 fully saturated rings. The average Bonchev–Trinajstić information content (AvgIpc) is 2.87. The molecule has 1 aliphatic heterocycles. The first-order valence-electron chi connectivity index (χ1n) is 7.88. The van der Waals surface area contributed by atoms with Gasteiger partial charge in [0.25, 0.3) is 0 Å². The van der Waals surface area contributed by atoms with Crippen molar-refractivity contribution in [2.75, 3.05) is 25.9 Å². The van der Waals surface area contributed by atoms with E-state index in [1.54, 1.807) is 17.7 Å². The van der Waals surface area contributed by atoms with Crippen molar-refractivity contribution in [3.63, 3.8) is 0 Å². The zero-order valence-electron chi connectivity index (χ0n) is 14.2. The van der Waals surface area contributed by atoms with E-state index in [0.717, 1.165) is 41.2 Å². The molecule has 1 atom stereocenters. The van der Waals surface area contributed by atoms with Gasteiger partial charge in [-0.3, -0.25) is 4.79 Å². The topological polar surface area (TPSA) is 58.1 Å². The summed E-state index contributed by atoms with van der Waals surface area (Å²) in [6, 6.07) is 0.422. The molecule has 1 amide bonds. The molecule has 1 aliphatic rings. The smallest absolute Gasteiger partial charge is 0.233 e. The number of amides is 1. The number of thiophene rings is 1. The van der Waals surface area contributed by atoms with Gasteiger partial charge in [-0.2, -0.15) is 0 Å². The van der Waals surface area contributed by atoms with Crippen LogP contribution in [-0.4, -0.2) is 52.7 Å². The molecule has 5 nitrogen and oxygen atoms in total. The van der Waals surface area contributed by atoms with Gasteiger partial charge in [-0.05, 0) is 39.3 Å². The lowest BCUT2D eigenvalue weighted by molar-refractivity contribution is -0.129. The molecule has 0 aliphatic carbocycles. The molecule has 3 heterocycles. The van der Waals surface area contributed by atoms with Crippen LogP contribution >= 0.6 is 35.5 Å². The largest absolute Gasteiger partial charge is 0.340 e. The molecule has 8 heteroatoms. The fourth-order valence-electron chi connectivity index (χ4n) is 2.92. The van der Waals surface area contributed by atoms with Crippen molar-refractivity contribution in [3.8, 4) is 0 Å². The van der Waals surface area contributed by atoms with Crippen molar-refractivity contribution in [2.45, 2.75) is 37.8 Å². The molecule has 2 aromatic heterocycles. The summed E-state index contributed by atoms with van der Waals surface area (Å²) >= 11 is 3.22. The highest BCUT2D eigenvalue weighted by Gasteiger charge is 2.23. The van der Waals surface area contributed by atoms with E-state index >= 15 is 0 Å². The van der Waals surface area contributed by atoms with Gasteiger partial charge in [-0.25, -0.2) is 9.97 Å². The average molecular weight is 387 g/mol. The van der Waals surface area contributed by atoms with Gasteiger partial charge in [0.05, 0.1) is 5.75 Å². The van der Waals surface area contributed by atoms with Crippen molar-refractivity contribution < 1.29 is 4.79 Å². The summed E-state index contributed by atoms with van der Waals surface area (Å²) in [6.07, 6.45) is 3.82. The quantitative estimate of drug-likeness (QED) is 0.646. The standard InChI is InChI=1S/C16H22N4OS2.ClH/c1-10-11(2)23-16-14(10)15(18-9-19-16)22-8-13(21)20-6-4-5-12(7-20)17-3;/h9,12,17H,4-8H2,1-3H3;1H. The molecule has 3 rings (SSSR count). The Labute approximate surface area is 157 Å². The number of aromatic nitrogens is 2. The molecular weight excluding hydrogens is 364 g/mol. The third-order valence-corrected chi connectivity index (χ3v) is 6.53. The van der Waals surface area contributed by atoms with Crippen molar-refractivity contribution in [1.29, 1.82) is 0 Å². The molecule has 2 aromatic rings. The van der Waals surface area contributed by atoms with Gasteiger partial charge >= 0.3 is 0 Å². The second-order valence-electron chi connectivity index (χ2n) is 5.90. The van der Waals surface area contributed by atoms with E-state index < -0.39 is 0 Å². The van der Waals surface area contributed by atoms with Crippen molar-refractivity contribution in [2.24, 2.45) is 0 Å². The summed E-state index contributed by atoms with van der Waals surface area (Å²) in [7, 11) is 1.96. The Morgan fingerprint density at radius 2 is 2.25 bits per heavy atom. The Balaban J connectivity index is 0.00000208. The van der Waals surface area contributed by atoms with E-state index in [1.807, 2.05) is 11.9 Å². The van der Waals surface area contributed by atoms with Crippen LogP contribution in [0.15, 0.2) is 11.4 Å². The van der Waals surface area contributed by atoms with Crippen LogP contribution < -0.4 is 5.32 Å². The zero-order valence-corrected chi connectivity index (χ0v) is 16.6. The number of carbonyl (C=O) groups excluding carboxylic acids is 1. The lowest BCUT2D eigenvalue weighted by Gasteiger charge is -2.32. The highest BCUT2D eigenvalue weighted by atomic mass is 35.5. The Kier molecular flexibility index (Phi) is 6.86. The number of hydrogen-bond donors (Lipinski definition) is 1. The second-order valence-corrected chi connectivity index (χ2v) is 8.07. The lowest BCUT2D eigenvalue weighted by Crippen LogP contribution is -2.47.